The van der Waals surface area contributed by atoms with E-state index in [0.29, 0.717) is 23.5 Å². The van der Waals surface area contributed by atoms with Crippen LogP contribution in [0.4, 0.5) is 21.5 Å². The van der Waals surface area contributed by atoms with Crippen LogP contribution in [0.5, 0.6) is 5.75 Å². The fourth-order valence-electron chi connectivity index (χ4n) is 2.35. The lowest BCUT2D eigenvalue weighted by atomic mass is 10.1. The van der Waals surface area contributed by atoms with E-state index in [1.54, 1.807) is 18.2 Å². The highest BCUT2D eigenvalue weighted by molar-refractivity contribution is 6.05. The SMILES string of the molecule is COc1ccc(NC(=O)c2ccc(NC(=O)CC(C)C)c(F)c2)cc1N. The molecule has 138 valence electrons. The molecule has 0 saturated heterocycles. The van der Waals surface area contributed by atoms with Crippen LogP contribution >= 0.6 is 0 Å². The van der Waals surface area contributed by atoms with Gasteiger partial charge in [0.05, 0.1) is 18.5 Å². The number of carbonyl (C=O) groups is 2. The summed E-state index contributed by atoms with van der Waals surface area (Å²) in [4.78, 5) is 24.0. The number of hydrogen-bond donors (Lipinski definition) is 3. The maximum Gasteiger partial charge on any atom is 0.255 e. The van der Waals surface area contributed by atoms with E-state index in [0.717, 1.165) is 6.07 Å². The predicted octanol–water partition coefficient (Wildman–Crippen LogP) is 3.65. The Morgan fingerprint density at radius 3 is 2.46 bits per heavy atom. The number of nitrogen functional groups attached to an aromatic ring is 1. The van der Waals surface area contributed by atoms with E-state index in [4.69, 9.17) is 10.5 Å². The molecule has 26 heavy (non-hydrogen) atoms. The van der Waals surface area contributed by atoms with Gasteiger partial charge < -0.3 is 21.1 Å². The Labute approximate surface area is 151 Å². The summed E-state index contributed by atoms with van der Waals surface area (Å²) < 4.78 is 19.2. The molecule has 7 heteroatoms. The van der Waals surface area contributed by atoms with E-state index in [9.17, 15) is 14.0 Å². The molecule has 4 N–H and O–H groups in total. The Bertz CT molecular complexity index is 822. The molecular formula is C19H22FN3O3. The van der Waals surface area contributed by atoms with Gasteiger partial charge >= 0.3 is 0 Å². The maximum atomic E-state index is 14.2. The molecule has 2 rings (SSSR count). The minimum absolute atomic E-state index is 0.0425. The van der Waals surface area contributed by atoms with Gasteiger partial charge in [-0.15, -0.1) is 0 Å². The van der Waals surface area contributed by atoms with E-state index in [-0.39, 0.29) is 23.1 Å². The third-order valence-electron chi connectivity index (χ3n) is 3.59. The van der Waals surface area contributed by atoms with Gasteiger partial charge in [-0.05, 0) is 42.3 Å². The first kappa shape index (κ1) is 19.2. The Balaban J connectivity index is 2.09. The van der Waals surface area contributed by atoms with Crippen molar-refractivity contribution >= 4 is 28.9 Å². The summed E-state index contributed by atoms with van der Waals surface area (Å²) in [6.45, 7) is 3.80. The van der Waals surface area contributed by atoms with Gasteiger partial charge in [-0.1, -0.05) is 13.8 Å². The summed E-state index contributed by atoms with van der Waals surface area (Å²) in [6, 6.07) is 8.69. The van der Waals surface area contributed by atoms with Crippen LogP contribution in [0.1, 0.15) is 30.6 Å². The van der Waals surface area contributed by atoms with Crippen molar-refractivity contribution in [3.05, 3.63) is 47.8 Å². The van der Waals surface area contributed by atoms with Crippen LogP contribution in [0, 0.1) is 11.7 Å². The van der Waals surface area contributed by atoms with Gasteiger partial charge in [0, 0.05) is 17.7 Å². The predicted molar refractivity (Wildman–Crippen MR) is 99.8 cm³/mol. The standard InChI is InChI=1S/C19H22FN3O3/c1-11(2)8-18(24)23-16-6-4-12(9-14(16)20)19(25)22-13-5-7-17(26-3)15(21)10-13/h4-7,9-11H,8,21H2,1-3H3,(H,22,25)(H,23,24). The number of methoxy groups -OCH3 is 1. The van der Waals surface area contributed by atoms with Crippen LogP contribution in [0.2, 0.25) is 0 Å². The van der Waals surface area contributed by atoms with Gasteiger partial charge in [-0.3, -0.25) is 9.59 Å². The molecule has 2 aromatic rings. The van der Waals surface area contributed by atoms with Crippen molar-refractivity contribution < 1.29 is 18.7 Å². The van der Waals surface area contributed by atoms with Crippen molar-refractivity contribution in [1.82, 2.24) is 0 Å². The van der Waals surface area contributed by atoms with Crippen molar-refractivity contribution in [3.63, 3.8) is 0 Å². The van der Waals surface area contributed by atoms with Crippen molar-refractivity contribution in [3.8, 4) is 5.75 Å². The highest BCUT2D eigenvalue weighted by Gasteiger charge is 2.13. The van der Waals surface area contributed by atoms with Crippen LogP contribution in [-0.4, -0.2) is 18.9 Å². The molecule has 0 aliphatic heterocycles. The third kappa shape index (κ3) is 4.95. The zero-order valence-corrected chi connectivity index (χ0v) is 14.9. The molecule has 2 aromatic carbocycles. The van der Waals surface area contributed by atoms with Gasteiger partial charge in [-0.2, -0.15) is 0 Å². The van der Waals surface area contributed by atoms with Crippen molar-refractivity contribution in [2.45, 2.75) is 20.3 Å². The molecule has 6 nitrogen and oxygen atoms in total. The Morgan fingerprint density at radius 1 is 1.15 bits per heavy atom. The first-order valence-electron chi connectivity index (χ1n) is 8.14. The lowest BCUT2D eigenvalue weighted by molar-refractivity contribution is -0.116. The maximum absolute atomic E-state index is 14.2. The minimum Gasteiger partial charge on any atom is -0.495 e. The van der Waals surface area contributed by atoms with Gasteiger partial charge in [0.2, 0.25) is 5.91 Å². The van der Waals surface area contributed by atoms with Crippen molar-refractivity contribution in [2.75, 3.05) is 23.5 Å². The molecule has 0 atom stereocenters. The molecule has 0 radical (unpaired) electrons. The van der Waals surface area contributed by atoms with Gasteiger partial charge in [0.15, 0.2) is 0 Å². The summed E-state index contributed by atoms with van der Waals surface area (Å²) in [7, 11) is 1.49. The van der Waals surface area contributed by atoms with Gasteiger partial charge in [0.25, 0.3) is 5.91 Å². The summed E-state index contributed by atoms with van der Waals surface area (Å²) in [5, 5.41) is 5.14. The number of rotatable bonds is 6. The lowest BCUT2D eigenvalue weighted by Gasteiger charge is -2.11. The van der Waals surface area contributed by atoms with E-state index in [2.05, 4.69) is 10.6 Å². The number of hydrogen-bond acceptors (Lipinski definition) is 4. The molecule has 0 heterocycles. The van der Waals surface area contributed by atoms with Gasteiger partial charge in [-0.25, -0.2) is 4.39 Å². The second-order valence-electron chi connectivity index (χ2n) is 6.25. The van der Waals surface area contributed by atoms with Crippen LogP contribution in [0.15, 0.2) is 36.4 Å². The summed E-state index contributed by atoms with van der Waals surface area (Å²) in [5.41, 5.74) is 6.80. The average Bonchev–Trinajstić information content (AvgIpc) is 2.56. The summed E-state index contributed by atoms with van der Waals surface area (Å²) >= 11 is 0. The Morgan fingerprint density at radius 2 is 1.88 bits per heavy atom. The molecular weight excluding hydrogens is 337 g/mol. The number of benzene rings is 2. The van der Waals surface area contributed by atoms with E-state index in [1.807, 2.05) is 13.8 Å². The third-order valence-corrected chi connectivity index (χ3v) is 3.59. The molecule has 0 aliphatic carbocycles. The van der Waals surface area contributed by atoms with Gasteiger partial charge in [0.1, 0.15) is 11.6 Å². The van der Waals surface area contributed by atoms with E-state index in [1.165, 1.54) is 19.2 Å². The molecule has 0 aliphatic rings. The highest BCUT2D eigenvalue weighted by atomic mass is 19.1. The van der Waals surface area contributed by atoms with Crippen molar-refractivity contribution in [2.24, 2.45) is 5.92 Å². The number of nitrogens with two attached hydrogens (primary N) is 1. The second kappa shape index (κ2) is 8.33. The molecule has 0 saturated carbocycles. The fourth-order valence-corrected chi connectivity index (χ4v) is 2.35. The zero-order valence-electron chi connectivity index (χ0n) is 14.9. The molecule has 0 unspecified atom stereocenters. The lowest BCUT2D eigenvalue weighted by Crippen LogP contribution is -2.16. The van der Waals surface area contributed by atoms with Crippen LogP contribution in [-0.2, 0) is 4.79 Å². The molecule has 2 amide bonds. The number of amides is 2. The number of ether oxygens (including phenoxy) is 1. The molecule has 0 fully saturated rings. The molecule has 0 aromatic heterocycles. The van der Waals surface area contributed by atoms with Crippen LogP contribution in [0.25, 0.3) is 0 Å². The minimum atomic E-state index is -0.677. The van der Waals surface area contributed by atoms with Crippen molar-refractivity contribution in [1.29, 1.82) is 0 Å². The molecule has 0 bridgehead atoms. The fraction of sp³-hybridized carbons (Fsp3) is 0.263. The summed E-state index contributed by atoms with van der Waals surface area (Å²) in [6.07, 6.45) is 0.292. The highest BCUT2D eigenvalue weighted by Crippen LogP contribution is 2.25. The quantitative estimate of drug-likeness (QED) is 0.686. The first-order chi connectivity index (χ1) is 12.3. The topological polar surface area (TPSA) is 93.5 Å². The largest absolute Gasteiger partial charge is 0.495 e. The number of carbonyl (C=O) groups excluding carboxylic acids is 2. The first-order valence-corrected chi connectivity index (χ1v) is 8.14. The second-order valence-corrected chi connectivity index (χ2v) is 6.25. The Hall–Kier alpha value is -3.09. The summed E-state index contributed by atoms with van der Waals surface area (Å²) in [5.74, 6) is -0.780. The average molecular weight is 359 g/mol. The number of nitrogens with one attached hydrogen (secondary N) is 2. The van der Waals surface area contributed by atoms with Crippen LogP contribution < -0.4 is 21.1 Å². The van der Waals surface area contributed by atoms with E-state index >= 15 is 0 Å². The number of anilines is 3. The normalized spacial score (nSPS) is 10.5. The monoisotopic (exact) mass is 359 g/mol. The Kier molecular flexibility index (Phi) is 6.16. The zero-order chi connectivity index (χ0) is 19.3. The van der Waals surface area contributed by atoms with Crippen LogP contribution in [0.3, 0.4) is 0 Å². The number of halogens is 1. The molecule has 0 spiro atoms. The van der Waals surface area contributed by atoms with E-state index < -0.39 is 11.7 Å². The smallest absolute Gasteiger partial charge is 0.255 e.